The number of hydrogen-bond donors (Lipinski definition) is 1. The third-order valence-electron chi connectivity index (χ3n) is 5.93. The second-order valence-electron chi connectivity index (χ2n) is 8.12. The molecule has 0 heterocycles. The number of nitrogens with zero attached hydrogens (tertiary/aromatic N) is 1. The molecule has 0 amide bonds. The normalized spacial score (nSPS) is 25.1. The highest BCUT2D eigenvalue weighted by Gasteiger charge is 2.47. The molecule has 1 saturated carbocycles. The van der Waals surface area contributed by atoms with Gasteiger partial charge >= 0.3 is 0 Å². The van der Waals surface area contributed by atoms with Crippen molar-refractivity contribution in [2.75, 3.05) is 27.7 Å². The third kappa shape index (κ3) is 4.65. The van der Waals surface area contributed by atoms with E-state index in [0.29, 0.717) is 16.5 Å². The van der Waals surface area contributed by atoms with Crippen LogP contribution in [0.4, 0.5) is 0 Å². The van der Waals surface area contributed by atoms with Crippen LogP contribution in [0.1, 0.15) is 36.3 Å². The van der Waals surface area contributed by atoms with Gasteiger partial charge in [-0.05, 0) is 62.3 Å². The second-order valence-corrected chi connectivity index (χ2v) is 8.97. The van der Waals surface area contributed by atoms with Gasteiger partial charge in [-0.25, -0.2) is 0 Å². The minimum absolute atomic E-state index is 0.0213. The summed E-state index contributed by atoms with van der Waals surface area (Å²) >= 11 is 12.6. The average Bonchev–Trinajstić information content (AvgIpc) is 2.65. The number of rotatable bonds is 6. The summed E-state index contributed by atoms with van der Waals surface area (Å²) < 4.78 is 5.43. The van der Waals surface area contributed by atoms with Crippen LogP contribution in [0.5, 0.6) is 5.75 Å². The summed E-state index contributed by atoms with van der Waals surface area (Å²) in [5, 5.41) is 13.4. The number of aliphatic hydroxyl groups is 1. The summed E-state index contributed by atoms with van der Waals surface area (Å²) in [6.07, 6.45) is 3.54. The Morgan fingerprint density at radius 3 is 2.61 bits per heavy atom. The molecule has 152 valence electrons. The van der Waals surface area contributed by atoms with Gasteiger partial charge in [-0.1, -0.05) is 47.8 Å². The Labute approximate surface area is 178 Å². The van der Waals surface area contributed by atoms with Gasteiger partial charge in [-0.2, -0.15) is 0 Å². The van der Waals surface area contributed by atoms with E-state index in [1.165, 1.54) is 0 Å². The van der Waals surface area contributed by atoms with Crippen LogP contribution in [-0.4, -0.2) is 43.4 Å². The van der Waals surface area contributed by atoms with Crippen molar-refractivity contribution < 1.29 is 9.84 Å². The van der Waals surface area contributed by atoms with Gasteiger partial charge in [0.1, 0.15) is 5.75 Å². The number of halogens is 2. The largest absolute Gasteiger partial charge is 0.497 e. The molecule has 0 spiro atoms. The lowest BCUT2D eigenvalue weighted by atomic mass is 9.63. The highest BCUT2D eigenvalue weighted by molar-refractivity contribution is 6.35. The molecule has 3 rings (SSSR count). The fourth-order valence-corrected chi connectivity index (χ4v) is 5.07. The summed E-state index contributed by atoms with van der Waals surface area (Å²) in [6.45, 7) is 0.835. The first-order valence-corrected chi connectivity index (χ1v) is 10.5. The summed E-state index contributed by atoms with van der Waals surface area (Å²) in [5.74, 6) is 0.992. The molecule has 1 aliphatic rings. The Bertz CT molecular complexity index is 811. The second kappa shape index (κ2) is 9.04. The highest BCUT2D eigenvalue weighted by Crippen LogP contribution is 2.47. The molecule has 5 heteroatoms. The number of ether oxygens (including phenoxy) is 1. The summed E-state index contributed by atoms with van der Waals surface area (Å²) in [6, 6.07) is 13.6. The van der Waals surface area contributed by atoms with Crippen LogP contribution in [0.15, 0.2) is 42.5 Å². The lowest BCUT2D eigenvalue weighted by Gasteiger charge is -2.47. The van der Waals surface area contributed by atoms with Crippen LogP contribution in [0.25, 0.3) is 0 Å². The zero-order valence-electron chi connectivity index (χ0n) is 16.8. The zero-order chi connectivity index (χ0) is 20.3. The van der Waals surface area contributed by atoms with Gasteiger partial charge in [-0.3, -0.25) is 0 Å². The molecule has 1 N–H and O–H groups in total. The lowest BCUT2D eigenvalue weighted by molar-refractivity contribution is -0.0732. The van der Waals surface area contributed by atoms with Crippen molar-refractivity contribution in [3.8, 4) is 5.75 Å². The van der Waals surface area contributed by atoms with E-state index in [4.69, 9.17) is 27.9 Å². The minimum Gasteiger partial charge on any atom is -0.497 e. The van der Waals surface area contributed by atoms with Crippen molar-refractivity contribution in [1.82, 2.24) is 4.90 Å². The Hall–Kier alpha value is -1.26. The van der Waals surface area contributed by atoms with E-state index >= 15 is 0 Å². The van der Waals surface area contributed by atoms with Crippen LogP contribution in [-0.2, 0) is 6.42 Å². The summed E-state index contributed by atoms with van der Waals surface area (Å²) in [5.41, 5.74) is 1.16. The Balaban J connectivity index is 2.02. The van der Waals surface area contributed by atoms with E-state index in [1.54, 1.807) is 13.2 Å². The maximum atomic E-state index is 12.1. The number of benzene rings is 2. The molecule has 3 unspecified atom stereocenters. The smallest absolute Gasteiger partial charge is 0.119 e. The van der Waals surface area contributed by atoms with Gasteiger partial charge < -0.3 is 14.7 Å². The molecule has 0 bridgehead atoms. The van der Waals surface area contributed by atoms with Gasteiger partial charge in [0.25, 0.3) is 0 Å². The molecule has 3 nitrogen and oxygen atoms in total. The van der Waals surface area contributed by atoms with Gasteiger partial charge in [0.15, 0.2) is 0 Å². The molecular formula is C23H29Cl2NO2. The SMILES string of the molecule is COc1cccc(C2CCCC(CN(C)C)C2(O)Cc2ccc(Cl)cc2Cl)c1. The van der Waals surface area contributed by atoms with Crippen LogP contribution in [0, 0.1) is 5.92 Å². The van der Waals surface area contributed by atoms with Gasteiger partial charge in [0.2, 0.25) is 0 Å². The van der Waals surface area contributed by atoms with Crippen LogP contribution in [0.2, 0.25) is 10.0 Å². The molecule has 28 heavy (non-hydrogen) atoms. The van der Waals surface area contributed by atoms with E-state index < -0.39 is 5.60 Å². The van der Waals surface area contributed by atoms with Crippen LogP contribution in [0.3, 0.4) is 0 Å². The van der Waals surface area contributed by atoms with Crippen LogP contribution >= 0.6 is 23.2 Å². The highest BCUT2D eigenvalue weighted by atomic mass is 35.5. The summed E-state index contributed by atoms with van der Waals surface area (Å²) in [7, 11) is 5.80. The first-order valence-electron chi connectivity index (χ1n) is 9.78. The standard InChI is InChI=1S/C23H29Cl2NO2/c1-26(2)15-18-7-5-9-21(16-6-4-8-20(12-16)28-3)23(18,27)14-17-10-11-19(24)13-22(17)25/h4,6,8,10-13,18,21,27H,5,7,9,14-15H2,1-3H3. The van der Waals surface area contributed by atoms with Crippen molar-refractivity contribution in [1.29, 1.82) is 0 Å². The monoisotopic (exact) mass is 421 g/mol. The van der Waals surface area contributed by atoms with Gasteiger partial charge in [0, 0.05) is 34.8 Å². The van der Waals surface area contributed by atoms with E-state index in [1.807, 2.05) is 24.3 Å². The maximum Gasteiger partial charge on any atom is 0.119 e. The number of hydrogen-bond acceptors (Lipinski definition) is 3. The van der Waals surface area contributed by atoms with Gasteiger partial charge in [-0.15, -0.1) is 0 Å². The third-order valence-corrected chi connectivity index (χ3v) is 6.51. The van der Waals surface area contributed by atoms with E-state index in [9.17, 15) is 5.11 Å². The molecule has 1 aliphatic carbocycles. The molecule has 3 atom stereocenters. The Morgan fingerprint density at radius 1 is 1.14 bits per heavy atom. The summed E-state index contributed by atoms with van der Waals surface area (Å²) in [4.78, 5) is 2.16. The fourth-order valence-electron chi connectivity index (χ4n) is 4.59. The number of methoxy groups -OCH3 is 1. The predicted octanol–water partition coefficient (Wildman–Crippen LogP) is 5.42. The molecule has 2 aromatic carbocycles. The Morgan fingerprint density at radius 2 is 1.93 bits per heavy atom. The quantitative estimate of drug-likeness (QED) is 0.675. The molecule has 0 aliphatic heterocycles. The minimum atomic E-state index is -0.896. The van der Waals surface area contributed by atoms with E-state index in [2.05, 4.69) is 31.1 Å². The molecule has 2 aromatic rings. The van der Waals surface area contributed by atoms with Crippen molar-refractivity contribution in [3.05, 3.63) is 63.6 Å². The average molecular weight is 422 g/mol. The maximum absolute atomic E-state index is 12.1. The topological polar surface area (TPSA) is 32.7 Å². The molecule has 1 fully saturated rings. The Kier molecular flexibility index (Phi) is 6.93. The van der Waals surface area contributed by atoms with E-state index in [-0.39, 0.29) is 11.8 Å². The zero-order valence-corrected chi connectivity index (χ0v) is 18.3. The first-order chi connectivity index (χ1) is 13.3. The molecule has 0 radical (unpaired) electrons. The molecule has 0 aromatic heterocycles. The lowest BCUT2D eigenvalue weighted by Crippen LogP contribution is -2.51. The molecule has 0 saturated heterocycles. The fraction of sp³-hybridized carbons (Fsp3) is 0.478. The van der Waals surface area contributed by atoms with E-state index in [0.717, 1.165) is 42.7 Å². The van der Waals surface area contributed by atoms with Crippen LogP contribution < -0.4 is 4.74 Å². The van der Waals surface area contributed by atoms with Crippen molar-refractivity contribution in [2.24, 2.45) is 5.92 Å². The van der Waals surface area contributed by atoms with Crippen molar-refractivity contribution in [2.45, 2.75) is 37.2 Å². The van der Waals surface area contributed by atoms with Crippen molar-refractivity contribution >= 4 is 23.2 Å². The van der Waals surface area contributed by atoms with Gasteiger partial charge in [0.05, 0.1) is 12.7 Å². The predicted molar refractivity (Wildman–Crippen MR) is 117 cm³/mol. The molecular weight excluding hydrogens is 393 g/mol. The first kappa shape index (κ1) is 21.4. The van der Waals surface area contributed by atoms with Crippen molar-refractivity contribution in [3.63, 3.8) is 0 Å².